The van der Waals surface area contributed by atoms with Gasteiger partial charge in [0.15, 0.2) is 0 Å². The first-order chi connectivity index (χ1) is 8.13. The molecule has 1 unspecified atom stereocenters. The largest absolute Gasteiger partial charge is 0.310 e. The Kier molecular flexibility index (Phi) is 3.81. The highest BCUT2D eigenvalue weighted by atomic mass is 32.2. The molecule has 1 aromatic rings. The Morgan fingerprint density at radius 3 is 2.82 bits per heavy atom. The molecule has 2 rings (SSSR count). The summed E-state index contributed by atoms with van der Waals surface area (Å²) in [4.78, 5) is 0.338. The van der Waals surface area contributed by atoms with E-state index in [1.54, 1.807) is 18.2 Å². The van der Waals surface area contributed by atoms with E-state index in [2.05, 4.69) is 10.0 Å². The second kappa shape index (κ2) is 5.16. The third kappa shape index (κ3) is 2.86. The van der Waals surface area contributed by atoms with Gasteiger partial charge < -0.3 is 5.32 Å². The zero-order valence-corrected chi connectivity index (χ0v) is 10.8. The van der Waals surface area contributed by atoms with Crippen molar-refractivity contribution < 1.29 is 8.42 Å². The molecule has 5 heteroatoms. The fourth-order valence-electron chi connectivity index (χ4n) is 2.15. The van der Waals surface area contributed by atoms with Crippen LogP contribution in [0.5, 0.6) is 0 Å². The SMILES string of the molecule is CNS(=O)(=O)c1cccc(C2CCCCN2)c1. The van der Waals surface area contributed by atoms with Crippen molar-refractivity contribution in [1.82, 2.24) is 10.0 Å². The van der Waals surface area contributed by atoms with Gasteiger partial charge in [-0.15, -0.1) is 0 Å². The average molecular weight is 254 g/mol. The van der Waals surface area contributed by atoms with Gasteiger partial charge in [0.2, 0.25) is 10.0 Å². The Morgan fingerprint density at radius 2 is 2.18 bits per heavy atom. The molecule has 0 saturated carbocycles. The van der Waals surface area contributed by atoms with E-state index >= 15 is 0 Å². The van der Waals surface area contributed by atoms with Crippen LogP contribution in [0.3, 0.4) is 0 Å². The molecule has 0 amide bonds. The maximum Gasteiger partial charge on any atom is 0.240 e. The Balaban J connectivity index is 2.28. The van der Waals surface area contributed by atoms with E-state index < -0.39 is 10.0 Å². The van der Waals surface area contributed by atoms with E-state index in [0.717, 1.165) is 18.5 Å². The molecule has 0 aliphatic carbocycles. The molecule has 2 N–H and O–H groups in total. The summed E-state index contributed by atoms with van der Waals surface area (Å²) in [6.45, 7) is 1.01. The third-order valence-electron chi connectivity index (χ3n) is 3.15. The fraction of sp³-hybridized carbons (Fsp3) is 0.500. The Morgan fingerprint density at radius 1 is 1.35 bits per heavy atom. The average Bonchev–Trinajstić information content (AvgIpc) is 2.40. The van der Waals surface area contributed by atoms with Crippen molar-refractivity contribution in [1.29, 1.82) is 0 Å². The maximum atomic E-state index is 11.7. The van der Waals surface area contributed by atoms with Crippen LogP contribution in [0.25, 0.3) is 0 Å². The molecule has 17 heavy (non-hydrogen) atoms. The number of sulfonamides is 1. The highest BCUT2D eigenvalue weighted by molar-refractivity contribution is 7.89. The first kappa shape index (κ1) is 12.5. The lowest BCUT2D eigenvalue weighted by Gasteiger charge is -2.24. The van der Waals surface area contributed by atoms with Crippen molar-refractivity contribution in [3.63, 3.8) is 0 Å². The molecule has 1 fully saturated rings. The summed E-state index contributed by atoms with van der Waals surface area (Å²) in [5.74, 6) is 0. The van der Waals surface area contributed by atoms with Crippen molar-refractivity contribution in [2.24, 2.45) is 0 Å². The van der Waals surface area contributed by atoms with Gasteiger partial charge in [0.05, 0.1) is 4.90 Å². The van der Waals surface area contributed by atoms with E-state index in [1.165, 1.54) is 19.9 Å². The second-order valence-electron chi connectivity index (χ2n) is 4.28. The summed E-state index contributed by atoms with van der Waals surface area (Å²) in [6, 6.07) is 7.45. The monoisotopic (exact) mass is 254 g/mol. The molecule has 1 heterocycles. The molecule has 1 saturated heterocycles. The highest BCUT2D eigenvalue weighted by Gasteiger charge is 2.17. The normalized spacial score (nSPS) is 21.4. The second-order valence-corrected chi connectivity index (χ2v) is 6.17. The molecule has 1 aliphatic rings. The van der Waals surface area contributed by atoms with Crippen LogP contribution >= 0.6 is 0 Å². The summed E-state index contributed by atoms with van der Waals surface area (Å²) in [7, 11) is -1.91. The van der Waals surface area contributed by atoms with Crippen molar-refractivity contribution >= 4 is 10.0 Å². The van der Waals surface area contributed by atoms with Gasteiger partial charge in [0.1, 0.15) is 0 Å². The summed E-state index contributed by atoms with van der Waals surface area (Å²) >= 11 is 0. The molecule has 4 nitrogen and oxygen atoms in total. The topological polar surface area (TPSA) is 58.2 Å². The van der Waals surface area contributed by atoms with Crippen LogP contribution in [0.15, 0.2) is 29.2 Å². The molecule has 0 spiro atoms. The van der Waals surface area contributed by atoms with Crippen LogP contribution in [0.1, 0.15) is 30.9 Å². The highest BCUT2D eigenvalue weighted by Crippen LogP contribution is 2.24. The Hall–Kier alpha value is -0.910. The van der Waals surface area contributed by atoms with Gasteiger partial charge in [-0.25, -0.2) is 13.1 Å². The van der Waals surface area contributed by atoms with Crippen LogP contribution in [0, 0.1) is 0 Å². The number of piperidine rings is 1. The lowest BCUT2D eigenvalue weighted by molar-refractivity contribution is 0.412. The smallest absolute Gasteiger partial charge is 0.240 e. The molecular formula is C12H18N2O2S. The van der Waals surface area contributed by atoms with E-state index in [0.29, 0.717) is 4.90 Å². The minimum absolute atomic E-state index is 0.288. The minimum Gasteiger partial charge on any atom is -0.310 e. The van der Waals surface area contributed by atoms with Crippen molar-refractivity contribution in [3.05, 3.63) is 29.8 Å². The number of benzene rings is 1. The van der Waals surface area contributed by atoms with Crippen LogP contribution in [0.4, 0.5) is 0 Å². The molecule has 0 radical (unpaired) electrons. The lowest BCUT2D eigenvalue weighted by Crippen LogP contribution is -2.27. The minimum atomic E-state index is -3.34. The number of rotatable bonds is 3. The van der Waals surface area contributed by atoms with E-state index in [9.17, 15) is 8.42 Å². The standard InChI is InChI=1S/C12H18N2O2S/c1-13-17(15,16)11-6-4-5-10(9-11)12-7-2-3-8-14-12/h4-6,9,12-14H,2-3,7-8H2,1H3. The van der Waals surface area contributed by atoms with Crippen LogP contribution in [0.2, 0.25) is 0 Å². The van der Waals surface area contributed by atoms with Gasteiger partial charge in [0.25, 0.3) is 0 Å². The first-order valence-corrected chi connectivity index (χ1v) is 7.39. The van der Waals surface area contributed by atoms with Gasteiger partial charge in [0, 0.05) is 6.04 Å². The Bertz CT molecular complexity index is 479. The van der Waals surface area contributed by atoms with Crippen molar-refractivity contribution in [3.8, 4) is 0 Å². The molecular weight excluding hydrogens is 236 g/mol. The molecule has 1 aromatic carbocycles. The summed E-state index contributed by atoms with van der Waals surface area (Å²) < 4.78 is 25.7. The first-order valence-electron chi connectivity index (χ1n) is 5.90. The van der Waals surface area contributed by atoms with E-state index in [1.807, 2.05) is 6.07 Å². The van der Waals surface area contributed by atoms with Gasteiger partial charge in [-0.3, -0.25) is 0 Å². The Labute approximate surface area is 102 Å². The zero-order chi connectivity index (χ0) is 12.3. The third-order valence-corrected chi connectivity index (χ3v) is 4.56. The molecule has 1 aliphatic heterocycles. The number of hydrogen-bond donors (Lipinski definition) is 2. The van der Waals surface area contributed by atoms with Crippen molar-refractivity contribution in [2.45, 2.75) is 30.2 Å². The fourth-order valence-corrected chi connectivity index (χ4v) is 2.94. The van der Waals surface area contributed by atoms with Crippen LogP contribution in [-0.2, 0) is 10.0 Å². The lowest BCUT2D eigenvalue weighted by atomic mass is 9.98. The van der Waals surface area contributed by atoms with Crippen molar-refractivity contribution in [2.75, 3.05) is 13.6 Å². The summed E-state index contributed by atoms with van der Waals surface area (Å²) in [6.07, 6.45) is 3.47. The zero-order valence-electron chi connectivity index (χ0n) is 9.94. The molecule has 0 aromatic heterocycles. The van der Waals surface area contributed by atoms with Gasteiger partial charge in [-0.05, 0) is 44.1 Å². The predicted molar refractivity (Wildman–Crippen MR) is 67.3 cm³/mol. The summed E-state index contributed by atoms with van der Waals surface area (Å²) in [5, 5.41) is 3.42. The number of nitrogens with one attached hydrogen (secondary N) is 2. The van der Waals surface area contributed by atoms with E-state index in [-0.39, 0.29) is 6.04 Å². The van der Waals surface area contributed by atoms with E-state index in [4.69, 9.17) is 0 Å². The van der Waals surface area contributed by atoms with Crippen LogP contribution in [-0.4, -0.2) is 22.0 Å². The molecule has 1 atom stereocenters. The van der Waals surface area contributed by atoms with Gasteiger partial charge >= 0.3 is 0 Å². The van der Waals surface area contributed by atoms with Gasteiger partial charge in [-0.2, -0.15) is 0 Å². The van der Waals surface area contributed by atoms with Crippen LogP contribution < -0.4 is 10.0 Å². The predicted octanol–water partition coefficient (Wildman–Crippen LogP) is 1.41. The summed E-state index contributed by atoms with van der Waals surface area (Å²) in [5.41, 5.74) is 1.06. The molecule has 0 bridgehead atoms. The quantitative estimate of drug-likeness (QED) is 0.857. The number of hydrogen-bond acceptors (Lipinski definition) is 3. The van der Waals surface area contributed by atoms with Gasteiger partial charge in [-0.1, -0.05) is 18.6 Å². The molecule has 94 valence electrons. The maximum absolute atomic E-state index is 11.7.